The fourth-order valence-corrected chi connectivity index (χ4v) is 3.96. The minimum atomic E-state index is -8.46. The molecule has 0 bridgehead atoms. The van der Waals surface area contributed by atoms with Gasteiger partial charge < -0.3 is 0 Å². The summed E-state index contributed by atoms with van der Waals surface area (Å²) in [5, 5.41) is -16.0. The number of rotatable bonds is 11. The standard InChI is InChI=1S/C12H4F22O6S2/c13-3(7(19,20)21,8(22,23)24)5(15,16)11(31,32)41(35,36)39-1-2-40-42(37,38)12(33,34)6(17,18)4(14,9(25,26)27)10(28,29)30/h1-2H2. The molecule has 0 saturated heterocycles. The largest absolute Gasteiger partial charge is 0.438 e. The lowest BCUT2D eigenvalue weighted by molar-refractivity contribution is -0.417. The van der Waals surface area contributed by atoms with Gasteiger partial charge >= 0.3 is 78.6 Å². The maximum atomic E-state index is 13.6. The summed E-state index contributed by atoms with van der Waals surface area (Å²) in [6.45, 7) is -6.02. The van der Waals surface area contributed by atoms with Crippen LogP contribution >= 0.6 is 0 Å². The summed E-state index contributed by atoms with van der Waals surface area (Å²) in [7, 11) is -16.3. The predicted octanol–water partition coefficient (Wildman–Crippen LogP) is 5.80. The van der Waals surface area contributed by atoms with Gasteiger partial charge in [0.2, 0.25) is 0 Å². The summed E-state index contributed by atoms with van der Waals surface area (Å²) in [5.41, 5.74) is -16.8. The zero-order valence-electron chi connectivity index (χ0n) is 18.0. The Bertz CT molecular complexity index is 1070. The molecular weight excluding hydrogens is 722 g/mol. The Morgan fingerprint density at radius 3 is 0.667 bits per heavy atom. The van der Waals surface area contributed by atoms with E-state index in [1.54, 1.807) is 0 Å². The van der Waals surface area contributed by atoms with Crippen LogP contribution in [0.3, 0.4) is 0 Å². The van der Waals surface area contributed by atoms with E-state index in [1.807, 2.05) is 0 Å². The van der Waals surface area contributed by atoms with Crippen LogP contribution in [0.2, 0.25) is 0 Å². The predicted molar refractivity (Wildman–Crippen MR) is 81.4 cm³/mol. The van der Waals surface area contributed by atoms with Crippen LogP contribution in [0, 0.1) is 0 Å². The molecular formula is C12H4F22O6S2. The normalized spacial score (nSPS) is 16.6. The zero-order chi connectivity index (χ0) is 34.8. The van der Waals surface area contributed by atoms with E-state index in [-0.39, 0.29) is 0 Å². The fraction of sp³-hybridized carbons (Fsp3) is 1.00. The molecule has 0 aliphatic carbocycles. The molecule has 0 unspecified atom stereocenters. The van der Waals surface area contributed by atoms with Crippen LogP contribution in [-0.2, 0) is 28.6 Å². The Morgan fingerprint density at radius 1 is 0.357 bits per heavy atom. The molecule has 0 saturated carbocycles. The molecule has 0 N–H and O–H groups in total. The van der Waals surface area contributed by atoms with Crippen LogP contribution in [0.25, 0.3) is 0 Å². The molecule has 0 rings (SSSR count). The molecule has 0 spiro atoms. The highest BCUT2D eigenvalue weighted by molar-refractivity contribution is 7.88. The highest BCUT2D eigenvalue weighted by atomic mass is 32.2. The Morgan fingerprint density at radius 2 is 0.524 bits per heavy atom. The summed E-state index contributed by atoms with van der Waals surface area (Å²) in [4.78, 5) is 0. The van der Waals surface area contributed by atoms with Gasteiger partial charge in [-0.15, -0.1) is 0 Å². The maximum Gasteiger partial charge on any atom is 0.438 e. The van der Waals surface area contributed by atoms with Gasteiger partial charge in [0.25, 0.3) is 0 Å². The van der Waals surface area contributed by atoms with E-state index in [4.69, 9.17) is 0 Å². The second-order valence-corrected chi connectivity index (χ2v) is 10.4. The van der Waals surface area contributed by atoms with E-state index in [2.05, 4.69) is 8.37 Å². The molecule has 0 fully saturated rings. The maximum absolute atomic E-state index is 13.6. The molecule has 0 aromatic rings. The van der Waals surface area contributed by atoms with Crippen molar-refractivity contribution in [2.45, 2.75) is 58.4 Å². The first kappa shape index (κ1) is 40.3. The van der Waals surface area contributed by atoms with Gasteiger partial charge in [0, 0.05) is 0 Å². The summed E-state index contributed by atoms with van der Waals surface area (Å²) >= 11 is 0. The third-order valence-electron chi connectivity index (χ3n) is 4.35. The van der Waals surface area contributed by atoms with Crippen LogP contribution in [-0.4, -0.2) is 88.4 Å². The van der Waals surface area contributed by atoms with Crippen molar-refractivity contribution in [2.24, 2.45) is 0 Å². The summed E-state index contributed by atoms with van der Waals surface area (Å²) in [6.07, 6.45) is -32.4. The van der Waals surface area contributed by atoms with Crippen molar-refractivity contribution in [3.8, 4) is 0 Å². The van der Waals surface area contributed by atoms with Gasteiger partial charge in [-0.1, -0.05) is 0 Å². The molecule has 0 aromatic heterocycles. The van der Waals surface area contributed by atoms with Gasteiger partial charge in [-0.3, -0.25) is 8.37 Å². The second-order valence-electron chi connectivity index (χ2n) is 7.04. The third-order valence-corrected chi connectivity index (χ3v) is 7.07. The van der Waals surface area contributed by atoms with Crippen molar-refractivity contribution in [3.63, 3.8) is 0 Å². The lowest BCUT2D eigenvalue weighted by Gasteiger charge is -2.38. The number of alkyl halides is 22. The van der Waals surface area contributed by atoms with Crippen molar-refractivity contribution in [2.75, 3.05) is 13.2 Å². The van der Waals surface area contributed by atoms with E-state index < -0.39 is 91.8 Å². The monoisotopic (exact) mass is 726 g/mol. The minimum absolute atomic E-state index is 2.56. The van der Waals surface area contributed by atoms with Gasteiger partial charge in [-0.05, 0) is 0 Å². The van der Waals surface area contributed by atoms with Crippen molar-refractivity contribution in [3.05, 3.63) is 0 Å². The summed E-state index contributed by atoms with van der Waals surface area (Å²) < 4.78 is 333. The van der Waals surface area contributed by atoms with Crippen LogP contribution in [0.15, 0.2) is 0 Å². The third kappa shape index (κ3) is 5.62. The van der Waals surface area contributed by atoms with Gasteiger partial charge in [0.1, 0.15) is 0 Å². The average Bonchev–Trinajstić information content (AvgIpc) is 2.71. The highest BCUT2D eigenvalue weighted by Gasteiger charge is 2.94. The number of hydrogen-bond donors (Lipinski definition) is 0. The zero-order valence-corrected chi connectivity index (χ0v) is 19.6. The summed E-state index contributed by atoms with van der Waals surface area (Å²) in [5.74, 6) is -16.9. The second kappa shape index (κ2) is 10.4. The molecule has 0 aliphatic heterocycles. The number of halogens is 22. The molecule has 6 nitrogen and oxygen atoms in total. The molecule has 254 valence electrons. The molecule has 0 amide bonds. The van der Waals surface area contributed by atoms with E-state index in [0.29, 0.717) is 0 Å². The Labute approximate surface area is 214 Å². The van der Waals surface area contributed by atoms with Gasteiger partial charge in [-0.25, -0.2) is 8.78 Å². The van der Waals surface area contributed by atoms with Crippen molar-refractivity contribution < 1.29 is 122 Å². The van der Waals surface area contributed by atoms with Crippen molar-refractivity contribution in [1.82, 2.24) is 0 Å². The van der Waals surface area contributed by atoms with E-state index in [9.17, 15) is 113 Å². The van der Waals surface area contributed by atoms with Crippen LogP contribution in [0.4, 0.5) is 96.6 Å². The van der Waals surface area contributed by atoms with Crippen molar-refractivity contribution in [1.29, 1.82) is 0 Å². The van der Waals surface area contributed by atoms with Gasteiger partial charge in [-0.2, -0.15) is 105 Å². The topological polar surface area (TPSA) is 86.7 Å². The average molecular weight is 726 g/mol. The Hall–Kier alpha value is -1.72. The van der Waals surface area contributed by atoms with Crippen molar-refractivity contribution >= 4 is 20.2 Å². The van der Waals surface area contributed by atoms with Gasteiger partial charge in [0.05, 0.1) is 13.2 Å². The molecule has 42 heavy (non-hydrogen) atoms. The number of hydrogen-bond acceptors (Lipinski definition) is 6. The Kier molecular flexibility index (Phi) is 10.0. The fourth-order valence-electron chi connectivity index (χ4n) is 2.18. The van der Waals surface area contributed by atoms with Crippen LogP contribution in [0.5, 0.6) is 0 Å². The SMILES string of the molecule is O=S(=O)(OCCOS(=O)(=O)C(F)(F)C(F)(F)C(F)(C(F)(F)F)C(F)(F)F)C(F)(F)C(F)(F)C(F)(C(F)(F)F)C(F)(F)F. The van der Waals surface area contributed by atoms with Crippen LogP contribution < -0.4 is 0 Å². The van der Waals surface area contributed by atoms with E-state index in [0.717, 1.165) is 0 Å². The molecule has 0 atom stereocenters. The molecule has 0 radical (unpaired) electrons. The quantitative estimate of drug-likeness (QED) is 0.152. The minimum Gasteiger partial charge on any atom is -0.263 e. The summed E-state index contributed by atoms with van der Waals surface area (Å²) in [6, 6.07) is 0. The molecule has 0 aromatic carbocycles. The lowest BCUT2D eigenvalue weighted by Crippen LogP contribution is -2.71. The highest BCUT2D eigenvalue weighted by Crippen LogP contribution is 2.61. The molecule has 0 aliphatic rings. The first-order valence-electron chi connectivity index (χ1n) is 8.64. The smallest absolute Gasteiger partial charge is 0.263 e. The van der Waals surface area contributed by atoms with E-state index >= 15 is 0 Å². The molecule has 0 heterocycles. The Balaban J connectivity index is 6.29. The lowest BCUT2D eigenvalue weighted by atomic mass is 9.96. The molecule has 30 heteroatoms. The van der Waals surface area contributed by atoms with Gasteiger partial charge in [0.15, 0.2) is 0 Å². The van der Waals surface area contributed by atoms with E-state index in [1.165, 1.54) is 0 Å². The van der Waals surface area contributed by atoms with Crippen LogP contribution in [0.1, 0.15) is 0 Å². The first-order chi connectivity index (χ1) is 17.7. The first-order valence-corrected chi connectivity index (χ1v) is 11.5.